The number of nitrogens with zero attached hydrogens (tertiary/aromatic N) is 1. The first-order valence-corrected chi connectivity index (χ1v) is 7.63. The highest BCUT2D eigenvalue weighted by atomic mass is 16.5. The zero-order valence-electron chi connectivity index (χ0n) is 13.5. The van der Waals surface area contributed by atoms with E-state index in [2.05, 4.69) is 10.3 Å². The number of fused-ring (bicyclic) bond motifs is 4. The molecule has 23 heavy (non-hydrogen) atoms. The lowest BCUT2D eigenvalue weighted by Gasteiger charge is -2.47. The maximum Gasteiger partial charge on any atom is 0.407 e. The lowest BCUT2D eigenvalue weighted by molar-refractivity contribution is -0.122. The molecule has 2 atom stereocenters. The Hall–Kier alpha value is -2.37. The van der Waals surface area contributed by atoms with Gasteiger partial charge < -0.3 is 14.8 Å². The standard InChI is InChI=1S/C17H20N2O4/c1-4-12-10-7-11(20)9-17(12,19-16(21)23-3)13-5-6-15(22-2)18-14(13)8-10/h4-6,10H,7-9H2,1-3H3,(H,19,21)/b12-4+/t10-,17+/m1/s1. The van der Waals surface area contributed by atoms with E-state index in [0.717, 1.165) is 16.8 Å². The minimum absolute atomic E-state index is 0.0468. The van der Waals surface area contributed by atoms with E-state index >= 15 is 0 Å². The number of allylic oxidation sites excluding steroid dienone is 1. The zero-order chi connectivity index (χ0) is 16.6. The van der Waals surface area contributed by atoms with Gasteiger partial charge in [-0.05, 0) is 30.9 Å². The van der Waals surface area contributed by atoms with Gasteiger partial charge in [0.05, 0.1) is 25.5 Å². The van der Waals surface area contributed by atoms with E-state index in [-0.39, 0.29) is 18.1 Å². The number of hydrogen-bond donors (Lipinski definition) is 1. The van der Waals surface area contributed by atoms with Gasteiger partial charge in [-0.3, -0.25) is 4.79 Å². The van der Waals surface area contributed by atoms with Gasteiger partial charge in [-0.15, -0.1) is 0 Å². The molecular weight excluding hydrogens is 296 g/mol. The zero-order valence-corrected chi connectivity index (χ0v) is 13.5. The number of hydrogen-bond acceptors (Lipinski definition) is 5. The second-order valence-electron chi connectivity index (χ2n) is 5.93. The summed E-state index contributed by atoms with van der Waals surface area (Å²) in [4.78, 5) is 28.8. The third-order valence-corrected chi connectivity index (χ3v) is 4.74. The van der Waals surface area contributed by atoms with Crippen molar-refractivity contribution in [3.8, 4) is 5.88 Å². The third kappa shape index (κ3) is 2.38. The maximum absolute atomic E-state index is 12.3. The van der Waals surface area contributed by atoms with Crippen molar-refractivity contribution in [2.45, 2.75) is 31.7 Å². The minimum atomic E-state index is -0.866. The molecule has 1 amide bonds. The van der Waals surface area contributed by atoms with E-state index < -0.39 is 11.6 Å². The molecule has 1 saturated carbocycles. The molecule has 0 aliphatic heterocycles. The summed E-state index contributed by atoms with van der Waals surface area (Å²) in [6.45, 7) is 1.94. The van der Waals surface area contributed by atoms with Crippen LogP contribution in [0.25, 0.3) is 0 Å². The number of Topliss-reactive ketones (excluding diaryl/α,β-unsaturated/α-hetero) is 1. The molecule has 1 fully saturated rings. The normalized spacial score (nSPS) is 27.3. The fourth-order valence-electron chi connectivity index (χ4n) is 3.90. The Morgan fingerprint density at radius 2 is 2.17 bits per heavy atom. The maximum atomic E-state index is 12.3. The smallest absolute Gasteiger partial charge is 0.407 e. The van der Waals surface area contributed by atoms with Gasteiger partial charge in [0.2, 0.25) is 5.88 Å². The van der Waals surface area contributed by atoms with Gasteiger partial charge in [-0.1, -0.05) is 6.08 Å². The quantitative estimate of drug-likeness (QED) is 0.846. The molecule has 1 N–H and O–H groups in total. The molecule has 0 aromatic carbocycles. The van der Waals surface area contributed by atoms with Gasteiger partial charge in [-0.2, -0.15) is 0 Å². The molecule has 1 heterocycles. The second kappa shape index (κ2) is 5.68. The highest BCUT2D eigenvalue weighted by molar-refractivity contribution is 5.85. The van der Waals surface area contributed by atoms with Crippen LogP contribution in [0.3, 0.4) is 0 Å². The van der Waals surface area contributed by atoms with Crippen molar-refractivity contribution in [3.05, 3.63) is 35.0 Å². The van der Waals surface area contributed by atoms with Crippen LogP contribution in [0, 0.1) is 5.92 Å². The predicted octanol–water partition coefficient (Wildman–Crippen LogP) is 2.12. The number of nitrogens with one attached hydrogen (secondary N) is 1. The topological polar surface area (TPSA) is 77.5 Å². The number of aromatic nitrogens is 1. The third-order valence-electron chi connectivity index (χ3n) is 4.74. The van der Waals surface area contributed by atoms with Crippen molar-refractivity contribution in [3.63, 3.8) is 0 Å². The van der Waals surface area contributed by atoms with Crippen molar-refractivity contribution < 1.29 is 19.1 Å². The number of carbonyl (C=O) groups excluding carboxylic acids is 2. The summed E-state index contributed by atoms with van der Waals surface area (Å²) in [6, 6.07) is 3.64. The lowest BCUT2D eigenvalue weighted by atomic mass is 9.61. The van der Waals surface area contributed by atoms with Gasteiger partial charge in [0.25, 0.3) is 0 Å². The predicted molar refractivity (Wildman–Crippen MR) is 83.2 cm³/mol. The summed E-state index contributed by atoms with van der Waals surface area (Å²) in [5.74, 6) is 0.717. The number of carbonyl (C=O) groups is 2. The van der Waals surface area contributed by atoms with Crippen molar-refractivity contribution in [2.75, 3.05) is 14.2 Å². The van der Waals surface area contributed by atoms with Crippen LogP contribution in [0.1, 0.15) is 31.0 Å². The lowest BCUT2D eigenvalue weighted by Crippen LogP contribution is -2.55. The van der Waals surface area contributed by atoms with Crippen LogP contribution in [0.15, 0.2) is 23.8 Å². The van der Waals surface area contributed by atoms with Crippen molar-refractivity contribution in [1.82, 2.24) is 10.3 Å². The Labute approximate surface area is 134 Å². The summed E-state index contributed by atoms with van der Waals surface area (Å²) >= 11 is 0. The highest BCUT2D eigenvalue weighted by Crippen LogP contribution is 2.49. The molecule has 0 unspecified atom stereocenters. The number of amides is 1. The number of alkyl carbamates (subject to hydrolysis) is 1. The number of ketones is 1. The number of rotatable bonds is 2. The first-order valence-electron chi connectivity index (χ1n) is 7.63. The van der Waals surface area contributed by atoms with Crippen molar-refractivity contribution >= 4 is 11.9 Å². The van der Waals surface area contributed by atoms with E-state index in [4.69, 9.17) is 9.47 Å². The molecule has 2 aliphatic carbocycles. The molecule has 122 valence electrons. The van der Waals surface area contributed by atoms with E-state index in [1.54, 1.807) is 13.2 Å². The molecule has 1 aromatic rings. The number of pyridine rings is 1. The van der Waals surface area contributed by atoms with Crippen LogP contribution in [0.4, 0.5) is 4.79 Å². The molecule has 6 nitrogen and oxygen atoms in total. The Morgan fingerprint density at radius 3 is 2.83 bits per heavy atom. The molecule has 0 radical (unpaired) electrons. The molecular formula is C17H20N2O4. The van der Waals surface area contributed by atoms with E-state index in [0.29, 0.717) is 18.7 Å². The molecule has 0 saturated heterocycles. The molecule has 3 rings (SSSR count). The first-order chi connectivity index (χ1) is 11.0. The van der Waals surface area contributed by atoms with Gasteiger partial charge in [0.1, 0.15) is 5.78 Å². The molecule has 2 aliphatic rings. The van der Waals surface area contributed by atoms with E-state index in [1.165, 1.54) is 7.11 Å². The fraction of sp³-hybridized carbons (Fsp3) is 0.471. The van der Waals surface area contributed by atoms with Gasteiger partial charge >= 0.3 is 6.09 Å². The van der Waals surface area contributed by atoms with Crippen LogP contribution in [-0.4, -0.2) is 31.1 Å². The first kappa shape index (κ1) is 15.5. The second-order valence-corrected chi connectivity index (χ2v) is 5.93. The van der Waals surface area contributed by atoms with Gasteiger partial charge in [-0.25, -0.2) is 9.78 Å². The van der Waals surface area contributed by atoms with Crippen LogP contribution >= 0.6 is 0 Å². The highest BCUT2D eigenvalue weighted by Gasteiger charge is 2.51. The summed E-state index contributed by atoms with van der Waals surface area (Å²) in [5.41, 5.74) is 1.90. The SMILES string of the molecule is C/C=C1\[C@@H]2CC(=O)C[C@@]1(NC(=O)OC)c1ccc(OC)nc1C2. The van der Waals surface area contributed by atoms with Crippen LogP contribution in [-0.2, 0) is 21.5 Å². The van der Waals surface area contributed by atoms with E-state index in [1.807, 2.05) is 19.1 Å². The number of methoxy groups -OCH3 is 2. The number of ether oxygens (including phenoxy) is 2. The molecule has 2 bridgehead atoms. The monoisotopic (exact) mass is 316 g/mol. The molecule has 0 spiro atoms. The molecule has 1 aromatic heterocycles. The average Bonchev–Trinajstić information content (AvgIpc) is 2.53. The van der Waals surface area contributed by atoms with Gasteiger partial charge in [0.15, 0.2) is 0 Å². The Balaban J connectivity index is 2.20. The molecule has 6 heteroatoms. The van der Waals surface area contributed by atoms with Crippen LogP contribution in [0.2, 0.25) is 0 Å². The van der Waals surface area contributed by atoms with E-state index in [9.17, 15) is 9.59 Å². The largest absolute Gasteiger partial charge is 0.481 e. The van der Waals surface area contributed by atoms with Crippen molar-refractivity contribution in [2.24, 2.45) is 5.92 Å². The summed E-state index contributed by atoms with van der Waals surface area (Å²) < 4.78 is 10.0. The minimum Gasteiger partial charge on any atom is -0.481 e. The van der Waals surface area contributed by atoms with Crippen LogP contribution < -0.4 is 10.1 Å². The average molecular weight is 316 g/mol. The Bertz CT molecular complexity index is 698. The van der Waals surface area contributed by atoms with Crippen molar-refractivity contribution in [1.29, 1.82) is 0 Å². The van der Waals surface area contributed by atoms with Crippen LogP contribution in [0.5, 0.6) is 5.88 Å². The summed E-state index contributed by atoms with van der Waals surface area (Å²) in [7, 11) is 2.89. The fourth-order valence-corrected chi connectivity index (χ4v) is 3.90. The Morgan fingerprint density at radius 1 is 1.39 bits per heavy atom. The summed E-state index contributed by atoms with van der Waals surface area (Å²) in [5, 5.41) is 2.91. The Kier molecular flexibility index (Phi) is 3.83. The summed E-state index contributed by atoms with van der Waals surface area (Å²) in [6.07, 6.45) is 2.81. The van der Waals surface area contributed by atoms with Gasteiger partial charge in [0, 0.05) is 24.5 Å².